The second-order valence-corrected chi connectivity index (χ2v) is 6.62. The Kier molecular flexibility index (Phi) is 5.79. The minimum atomic E-state index is -0.00431. The van der Waals surface area contributed by atoms with E-state index in [-0.39, 0.29) is 5.54 Å². The van der Waals surface area contributed by atoms with Gasteiger partial charge < -0.3 is 15.2 Å². The van der Waals surface area contributed by atoms with Crippen LogP contribution >= 0.6 is 0 Å². The highest BCUT2D eigenvalue weighted by Crippen LogP contribution is 2.08. The third-order valence-corrected chi connectivity index (χ3v) is 3.20. The summed E-state index contributed by atoms with van der Waals surface area (Å²) >= 11 is 0. The Balaban J connectivity index is 1.97. The molecule has 124 valence electrons. The van der Waals surface area contributed by atoms with Crippen molar-refractivity contribution in [2.24, 2.45) is 4.99 Å². The van der Waals surface area contributed by atoms with Gasteiger partial charge in [0.2, 0.25) is 0 Å². The van der Waals surface area contributed by atoms with E-state index < -0.39 is 0 Å². The fourth-order valence-corrected chi connectivity index (χ4v) is 2.17. The van der Waals surface area contributed by atoms with Crippen molar-refractivity contribution in [2.75, 3.05) is 6.54 Å². The van der Waals surface area contributed by atoms with E-state index in [4.69, 9.17) is 0 Å². The summed E-state index contributed by atoms with van der Waals surface area (Å²) in [6, 6.07) is 8.57. The van der Waals surface area contributed by atoms with E-state index in [0.717, 1.165) is 19.0 Å². The van der Waals surface area contributed by atoms with Gasteiger partial charge in [-0.3, -0.25) is 0 Å². The summed E-state index contributed by atoms with van der Waals surface area (Å²) in [5, 5.41) is 6.68. The van der Waals surface area contributed by atoms with Crippen molar-refractivity contribution in [1.82, 2.24) is 20.2 Å². The molecule has 2 N–H and O–H groups in total. The molecule has 0 aliphatic carbocycles. The summed E-state index contributed by atoms with van der Waals surface area (Å²) in [4.78, 5) is 8.72. The Labute approximate surface area is 138 Å². The third-order valence-electron chi connectivity index (χ3n) is 3.20. The molecule has 0 atom stereocenters. The second kappa shape index (κ2) is 7.81. The van der Waals surface area contributed by atoms with Gasteiger partial charge in [0.25, 0.3) is 0 Å². The van der Waals surface area contributed by atoms with Crippen molar-refractivity contribution in [3.8, 4) is 0 Å². The number of rotatable bonds is 5. The number of hydrogen-bond acceptors (Lipinski definition) is 2. The predicted molar refractivity (Wildman–Crippen MR) is 95.5 cm³/mol. The van der Waals surface area contributed by atoms with Crippen molar-refractivity contribution < 1.29 is 0 Å². The van der Waals surface area contributed by atoms with Crippen LogP contribution in [0.3, 0.4) is 0 Å². The highest BCUT2D eigenvalue weighted by molar-refractivity contribution is 5.80. The number of nitrogens with zero attached hydrogens (tertiary/aromatic N) is 3. The lowest BCUT2D eigenvalue weighted by Gasteiger charge is -2.23. The summed E-state index contributed by atoms with van der Waals surface area (Å²) in [7, 11) is 0. The number of hydrogen-bond donors (Lipinski definition) is 2. The maximum atomic E-state index is 4.65. The normalized spacial score (nSPS) is 12.3. The van der Waals surface area contributed by atoms with E-state index in [1.807, 2.05) is 12.5 Å². The summed E-state index contributed by atoms with van der Waals surface area (Å²) in [6.07, 6.45) is 5.60. The van der Waals surface area contributed by atoms with Crippen molar-refractivity contribution in [3.63, 3.8) is 0 Å². The van der Waals surface area contributed by atoms with E-state index in [0.29, 0.717) is 6.54 Å². The number of aromatic nitrogens is 2. The zero-order chi connectivity index (χ0) is 16.7. The van der Waals surface area contributed by atoms with Gasteiger partial charge in [0.1, 0.15) is 0 Å². The number of guanidine groups is 1. The van der Waals surface area contributed by atoms with Crippen LogP contribution in [0.4, 0.5) is 0 Å². The molecular weight excluding hydrogens is 286 g/mol. The molecule has 0 amide bonds. The molecule has 1 heterocycles. The monoisotopic (exact) mass is 313 g/mol. The molecule has 1 aromatic heterocycles. The van der Waals surface area contributed by atoms with E-state index >= 15 is 0 Å². The molecule has 0 saturated heterocycles. The van der Waals surface area contributed by atoms with Crippen LogP contribution in [0, 0.1) is 0 Å². The first-order valence-corrected chi connectivity index (χ1v) is 8.06. The maximum absolute atomic E-state index is 4.65. The SMILES string of the molecule is CCNC(=NCc1ccc(Cn2ccnc2)cc1)NC(C)(C)C. The molecule has 2 rings (SSSR count). The molecule has 0 aliphatic heterocycles. The third kappa shape index (κ3) is 6.14. The zero-order valence-corrected chi connectivity index (χ0v) is 14.5. The van der Waals surface area contributed by atoms with Gasteiger partial charge in [0, 0.05) is 31.0 Å². The van der Waals surface area contributed by atoms with Crippen LogP contribution in [0.1, 0.15) is 38.8 Å². The summed E-state index contributed by atoms with van der Waals surface area (Å²) in [6.45, 7) is 10.8. The van der Waals surface area contributed by atoms with Crippen LogP contribution in [0.15, 0.2) is 48.0 Å². The number of aliphatic imine (C=N–C) groups is 1. The van der Waals surface area contributed by atoms with Gasteiger partial charge in [-0.05, 0) is 38.8 Å². The van der Waals surface area contributed by atoms with Crippen LogP contribution in [0.25, 0.3) is 0 Å². The summed E-state index contributed by atoms with van der Waals surface area (Å²) in [5.74, 6) is 0.850. The lowest BCUT2D eigenvalue weighted by Crippen LogP contribution is -2.47. The van der Waals surface area contributed by atoms with Crippen molar-refractivity contribution >= 4 is 5.96 Å². The lowest BCUT2D eigenvalue weighted by molar-refractivity contribution is 0.501. The van der Waals surface area contributed by atoms with E-state index in [9.17, 15) is 0 Å². The molecule has 2 aromatic rings. The Morgan fingerprint density at radius 1 is 1.17 bits per heavy atom. The zero-order valence-electron chi connectivity index (χ0n) is 14.5. The van der Waals surface area contributed by atoms with E-state index in [1.54, 1.807) is 6.20 Å². The standard InChI is InChI=1S/C18H27N5/c1-5-20-17(22-18(2,3)4)21-12-15-6-8-16(9-7-15)13-23-11-10-19-14-23/h6-11,14H,5,12-13H2,1-4H3,(H2,20,21,22). The first-order valence-electron chi connectivity index (χ1n) is 8.06. The molecule has 5 nitrogen and oxygen atoms in total. The number of nitrogens with one attached hydrogen (secondary N) is 2. The second-order valence-electron chi connectivity index (χ2n) is 6.62. The van der Waals surface area contributed by atoms with Crippen LogP contribution < -0.4 is 10.6 Å². The highest BCUT2D eigenvalue weighted by atomic mass is 15.2. The molecular formula is C18H27N5. The Bertz CT molecular complexity index is 606. The molecule has 0 spiro atoms. The van der Waals surface area contributed by atoms with Crippen LogP contribution in [-0.2, 0) is 13.1 Å². The molecule has 0 radical (unpaired) electrons. The Morgan fingerprint density at radius 2 is 1.87 bits per heavy atom. The van der Waals surface area contributed by atoms with Gasteiger partial charge in [0.05, 0.1) is 12.9 Å². The molecule has 0 saturated carbocycles. The number of benzene rings is 1. The van der Waals surface area contributed by atoms with E-state index in [1.165, 1.54) is 11.1 Å². The predicted octanol–water partition coefficient (Wildman–Crippen LogP) is 2.79. The molecule has 0 bridgehead atoms. The average Bonchev–Trinajstić information content (AvgIpc) is 2.98. The van der Waals surface area contributed by atoms with Gasteiger partial charge in [0.15, 0.2) is 5.96 Å². The minimum absolute atomic E-state index is 0.00431. The van der Waals surface area contributed by atoms with Gasteiger partial charge in [-0.15, -0.1) is 0 Å². The number of imidazole rings is 1. The van der Waals surface area contributed by atoms with Gasteiger partial charge in [-0.2, -0.15) is 0 Å². The molecule has 1 aromatic carbocycles. The first kappa shape index (κ1) is 17.1. The smallest absolute Gasteiger partial charge is 0.191 e. The fourth-order valence-electron chi connectivity index (χ4n) is 2.17. The van der Waals surface area contributed by atoms with Crippen LogP contribution in [-0.4, -0.2) is 27.6 Å². The Morgan fingerprint density at radius 3 is 2.43 bits per heavy atom. The summed E-state index contributed by atoms with van der Waals surface area (Å²) in [5.41, 5.74) is 2.45. The Hall–Kier alpha value is -2.30. The molecule has 5 heteroatoms. The largest absolute Gasteiger partial charge is 0.357 e. The topological polar surface area (TPSA) is 54.2 Å². The summed E-state index contributed by atoms with van der Waals surface area (Å²) < 4.78 is 2.06. The van der Waals surface area contributed by atoms with E-state index in [2.05, 4.69) is 77.1 Å². The quantitative estimate of drug-likeness (QED) is 0.659. The highest BCUT2D eigenvalue weighted by Gasteiger charge is 2.11. The molecule has 0 unspecified atom stereocenters. The molecule has 23 heavy (non-hydrogen) atoms. The maximum Gasteiger partial charge on any atom is 0.191 e. The first-order chi connectivity index (χ1) is 11.0. The van der Waals surface area contributed by atoms with Crippen LogP contribution in [0.5, 0.6) is 0 Å². The molecule has 0 fully saturated rings. The van der Waals surface area contributed by atoms with Gasteiger partial charge in [-0.1, -0.05) is 24.3 Å². The lowest BCUT2D eigenvalue weighted by atomic mass is 10.1. The van der Waals surface area contributed by atoms with Crippen LogP contribution in [0.2, 0.25) is 0 Å². The molecule has 0 aliphatic rings. The van der Waals surface area contributed by atoms with Crippen molar-refractivity contribution in [2.45, 2.75) is 46.3 Å². The fraction of sp³-hybridized carbons (Fsp3) is 0.444. The van der Waals surface area contributed by atoms with Gasteiger partial charge >= 0.3 is 0 Å². The van der Waals surface area contributed by atoms with Crippen molar-refractivity contribution in [3.05, 3.63) is 54.1 Å². The average molecular weight is 313 g/mol. The van der Waals surface area contributed by atoms with Crippen molar-refractivity contribution in [1.29, 1.82) is 0 Å². The van der Waals surface area contributed by atoms with Gasteiger partial charge in [-0.25, -0.2) is 9.98 Å². The minimum Gasteiger partial charge on any atom is -0.357 e.